The van der Waals surface area contributed by atoms with Crippen molar-refractivity contribution in [3.63, 3.8) is 0 Å². The molecule has 9 heteroatoms. The highest BCUT2D eigenvalue weighted by Crippen LogP contribution is 2.62. The van der Waals surface area contributed by atoms with Crippen LogP contribution in [0.5, 0.6) is 5.75 Å². The lowest BCUT2D eigenvalue weighted by atomic mass is 9.47. The minimum absolute atomic E-state index is 0.0166. The molecule has 218 valence electrons. The maximum atomic E-state index is 13.4. The summed E-state index contributed by atoms with van der Waals surface area (Å²) in [5.74, 6) is 0.454. The Morgan fingerprint density at radius 1 is 1.10 bits per heavy atom. The number of carbonyl (C=O) groups is 2. The van der Waals surface area contributed by atoms with Crippen LogP contribution in [0.15, 0.2) is 24.3 Å². The number of hydrogen-bond acceptors (Lipinski definition) is 7. The number of benzene rings is 1. The van der Waals surface area contributed by atoms with Gasteiger partial charge in [0.1, 0.15) is 5.75 Å². The molecule has 5 rings (SSSR count). The Balaban J connectivity index is 1.40. The van der Waals surface area contributed by atoms with Crippen molar-refractivity contribution in [2.45, 2.75) is 96.1 Å². The molecule has 2 aromatic rings. The van der Waals surface area contributed by atoms with Gasteiger partial charge in [-0.25, -0.2) is 4.98 Å². The zero-order valence-electron chi connectivity index (χ0n) is 23.9. The van der Waals surface area contributed by atoms with Crippen LogP contribution in [-0.2, 0) is 22.4 Å². The van der Waals surface area contributed by atoms with Crippen LogP contribution in [0.25, 0.3) is 0 Å². The standard InChI is InChI=1S/C31H43N3O5S/c1-30-14-13-25(36)31(2,18-35)24(30)17-23-28(22(30)16-27(38)32-20-7-5-4-6-8-20)34-29(40-23)33-26(37)15-19-9-11-21(39-3)12-10-19/h9-12,20,22,24-25,35-36H,4-8,13-18H2,1-3H3,(H,32,38)(H,33,34,37). The minimum Gasteiger partial charge on any atom is -0.497 e. The Morgan fingerprint density at radius 2 is 1.82 bits per heavy atom. The third kappa shape index (κ3) is 5.65. The molecule has 5 atom stereocenters. The normalized spacial score (nSPS) is 30.2. The van der Waals surface area contributed by atoms with Crippen LogP contribution in [0, 0.1) is 16.7 Å². The summed E-state index contributed by atoms with van der Waals surface area (Å²) >= 11 is 1.46. The Labute approximate surface area is 240 Å². The summed E-state index contributed by atoms with van der Waals surface area (Å²) in [5, 5.41) is 28.3. The second kappa shape index (κ2) is 11.8. The summed E-state index contributed by atoms with van der Waals surface area (Å²) in [7, 11) is 1.61. The number of anilines is 1. The van der Waals surface area contributed by atoms with Gasteiger partial charge in [0.15, 0.2) is 5.13 Å². The van der Waals surface area contributed by atoms with Gasteiger partial charge in [0.25, 0.3) is 0 Å². The van der Waals surface area contributed by atoms with Crippen LogP contribution in [0.2, 0.25) is 0 Å². The molecule has 2 fully saturated rings. The zero-order chi connectivity index (χ0) is 28.5. The number of thiazole rings is 1. The number of methoxy groups -OCH3 is 1. The maximum absolute atomic E-state index is 13.4. The molecule has 5 unspecified atom stereocenters. The molecular weight excluding hydrogens is 526 g/mol. The summed E-state index contributed by atoms with van der Waals surface area (Å²) in [6.45, 7) is 4.07. The first kappa shape index (κ1) is 29.0. The van der Waals surface area contributed by atoms with E-state index in [0.29, 0.717) is 24.4 Å². The van der Waals surface area contributed by atoms with E-state index in [-0.39, 0.29) is 48.1 Å². The Morgan fingerprint density at radius 3 is 2.50 bits per heavy atom. The summed E-state index contributed by atoms with van der Waals surface area (Å²) in [5.41, 5.74) is 0.776. The third-order valence-electron chi connectivity index (χ3n) is 10.0. The molecule has 4 N–H and O–H groups in total. The summed E-state index contributed by atoms with van der Waals surface area (Å²) in [4.78, 5) is 32.3. The smallest absolute Gasteiger partial charge is 0.230 e. The second-order valence-electron chi connectivity index (χ2n) is 12.5. The van der Waals surface area contributed by atoms with Gasteiger partial charge in [-0.05, 0) is 61.1 Å². The number of aromatic nitrogens is 1. The lowest BCUT2D eigenvalue weighted by molar-refractivity contribution is -0.144. The van der Waals surface area contributed by atoms with Gasteiger partial charge in [-0.15, -0.1) is 11.3 Å². The number of fused-ring (bicyclic) bond motifs is 2. The number of amides is 2. The van der Waals surface area contributed by atoms with Crippen molar-refractivity contribution in [1.29, 1.82) is 0 Å². The average molecular weight is 570 g/mol. The molecule has 3 aliphatic rings. The predicted octanol–water partition coefficient (Wildman–Crippen LogP) is 4.59. The molecule has 40 heavy (non-hydrogen) atoms. The fraction of sp³-hybridized carbons (Fsp3) is 0.645. The molecule has 0 spiro atoms. The van der Waals surface area contributed by atoms with E-state index < -0.39 is 11.5 Å². The van der Waals surface area contributed by atoms with Crippen molar-refractivity contribution in [2.24, 2.45) is 16.7 Å². The molecule has 0 saturated heterocycles. The Kier molecular flexibility index (Phi) is 8.55. The molecular formula is C31H43N3O5S. The first-order valence-electron chi connectivity index (χ1n) is 14.7. The second-order valence-corrected chi connectivity index (χ2v) is 13.6. The molecule has 0 bridgehead atoms. The first-order valence-corrected chi connectivity index (χ1v) is 15.5. The van der Waals surface area contributed by atoms with Crippen LogP contribution in [0.4, 0.5) is 5.13 Å². The van der Waals surface area contributed by atoms with E-state index in [0.717, 1.165) is 54.0 Å². The number of rotatable bonds is 8. The van der Waals surface area contributed by atoms with Gasteiger partial charge in [-0.3, -0.25) is 9.59 Å². The fourth-order valence-corrected chi connectivity index (χ4v) is 8.60. The van der Waals surface area contributed by atoms with Crippen molar-refractivity contribution in [1.82, 2.24) is 10.3 Å². The van der Waals surface area contributed by atoms with Gasteiger partial charge in [-0.1, -0.05) is 45.2 Å². The SMILES string of the molecule is COc1ccc(CC(=O)Nc2nc3c(s2)CC2C(C)(CO)C(O)CCC2(C)C3CC(=O)NC2CCCCC2)cc1. The molecule has 1 heterocycles. The van der Waals surface area contributed by atoms with E-state index in [1.165, 1.54) is 17.8 Å². The van der Waals surface area contributed by atoms with Crippen molar-refractivity contribution in [2.75, 3.05) is 19.0 Å². The van der Waals surface area contributed by atoms with Crippen molar-refractivity contribution >= 4 is 28.3 Å². The van der Waals surface area contributed by atoms with Crippen LogP contribution in [-0.4, -0.2) is 52.9 Å². The number of hydrogen-bond donors (Lipinski definition) is 4. The van der Waals surface area contributed by atoms with E-state index in [2.05, 4.69) is 17.6 Å². The molecule has 0 aliphatic heterocycles. The van der Waals surface area contributed by atoms with E-state index in [9.17, 15) is 19.8 Å². The number of aliphatic hydroxyl groups excluding tert-OH is 2. The van der Waals surface area contributed by atoms with Gasteiger partial charge < -0.3 is 25.6 Å². The van der Waals surface area contributed by atoms with E-state index in [1.54, 1.807) is 7.11 Å². The Bertz CT molecular complexity index is 1210. The highest BCUT2D eigenvalue weighted by molar-refractivity contribution is 7.15. The zero-order valence-corrected chi connectivity index (χ0v) is 24.7. The van der Waals surface area contributed by atoms with Crippen molar-refractivity contribution in [3.8, 4) is 5.75 Å². The Hall–Kier alpha value is -2.49. The lowest BCUT2D eigenvalue weighted by Gasteiger charge is -2.58. The minimum atomic E-state index is -0.676. The summed E-state index contributed by atoms with van der Waals surface area (Å²) < 4.78 is 5.21. The van der Waals surface area contributed by atoms with Crippen LogP contribution in [0.3, 0.4) is 0 Å². The maximum Gasteiger partial charge on any atom is 0.230 e. The topological polar surface area (TPSA) is 121 Å². The van der Waals surface area contributed by atoms with E-state index in [4.69, 9.17) is 9.72 Å². The number of ether oxygens (including phenoxy) is 1. The van der Waals surface area contributed by atoms with E-state index in [1.807, 2.05) is 31.2 Å². The van der Waals surface area contributed by atoms with Crippen LogP contribution in [0.1, 0.15) is 87.3 Å². The molecule has 1 aromatic heterocycles. The molecule has 8 nitrogen and oxygen atoms in total. The summed E-state index contributed by atoms with van der Waals surface area (Å²) in [6, 6.07) is 7.65. The van der Waals surface area contributed by atoms with Gasteiger partial charge in [0.2, 0.25) is 11.8 Å². The van der Waals surface area contributed by atoms with Gasteiger partial charge >= 0.3 is 0 Å². The predicted molar refractivity (Wildman–Crippen MR) is 156 cm³/mol. The molecule has 0 radical (unpaired) electrons. The quantitative estimate of drug-likeness (QED) is 0.369. The third-order valence-corrected chi connectivity index (χ3v) is 11.0. The number of aliphatic hydroxyl groups is 2. The highest BCUT2D eigenvalue weighted by Gasteiger charge is 2.59. The number of nitrogens with one attached hydrogen (secondary N) is 2. The van der Waals surface area contributed by atoms with Gasteiger partial charge in [0, 0.05) is 28.7 Å². The van der Waals surface area contributed by atoms with Crippen LogP contribution >= 0.6 is 11.3 Å². The molecule has 2 saturated carbocycles. The highest BCUT2D eigenvalue weighted by atomic mass is 32.1. The average Bonchev–Trinajstić information content (AvgIpc) is 3.35. The number of nitrogens with zero attached hydrogens (tertiary/aromatic N) is 1. The van der Waals surface area contributed by atoms with Crippen molar-refractivity contribution < 1.29 is 24.5 Å². The van der Waals surface area contributed by atoms with Crippen molar-refractivity contribution in [3.05, 3.63) is 40.4 Å². The molecule has 2 amide bonds. The molecule has 3 aliphatic carbocycles. The summed E-state index contributed by atoms with van der Waals surface area (Å²) in [6.07, 6.45) is 7.50. The van der Waals surface area contributed by atoms with E-state index >= 15 is 0 Å². The molecule has 1 aromatic carbocycles. The van der Waals surface area contributed by atoms with Gasteiger partial charge in [0.05, 0.1) is 31.9 Å². The number of carbonyl (C=O) groups excluding carboxylic acids is 2. The van der Waals surface area contributed by atoms with Gasteiger partial charge in [-0.2, -0.15) is 0 Å². The van der Waals surface area contributed by atoms with Crippen LogP contribution < -0.4 is 15.4 Å². The largest absolute Gasteiger partial charge is 0.497 e. The fourth-order valence-electron chi connectivity index (χ4n) is 7.51. The lowest BCUT2D eigenvalue weighted by Crippen LogP contribution is -2.57. The first-order chi connectivity index (χ1) is 19.2. The monoisotopic (exact) mass is 569 g/mol.